The highest BCUT2D eigenvalue weighted by atomic mass is 35.8. The van der Waals surface area contributed by atoms with Crippen LogP contribution < -0.4 is 5.19 Å². The van der Waals surface area contributed by atoms with Crippen LogP contribution in [0.3, 0.4) is 0 Å². The van der Waals surface area contributed by atoms with Crippen molar-refractivity contribution in [2.75, 3.05) is 0 Å². The van der Waals surface area contributed by atoms with E-state index in [1.165, 1.54) is 5.56 Å². The van der Waals surface area contributed by atoms with Crippen LogP contribution in [0.4, 0.5) is 0 Å². The molecule has 1 aromatic rings. The van der Waals surface area contributed by atoms with Crippen LogP contribution in [-0.2, 0) is 0 Å². The summed E-state index contributed by atoms with van der Waals surface area (Å²) in [6.07, 6.45) is 0. The van der Waals surface area contributed by atoms with E-state index < -0.39 is 6.00 Å². The summed E-state index contributed by atoms with van der Waals surface area (Å²) in [5.74, 6) is 0. The van der Waals surface area contributed by atoms with Crippen molar-refractivity contribution >= 4 is 44.4 Å². The molecule has 0 fully saturated rings. The first-order chi connectivity index (χ1) is 5.00. The standard InChI is InChI=1S/C7H7Cl3Si/c1-6-2-4-7(5-3-6)11(8,9)10/h2-5H,1H3. The Morgan fingerprint density at radius 1 is 1.00 bits per heavy atom. The smallest absolute Gasteiger partial charge is 0.121 e. The van der Waals surface area contributed by atoms with Gasteiger partial charge < -0.3 is 0 Å². The molecular weight excluding hydrogens is 219 g/mol. The van der Waals surface area contributed by atoms with Crippen LogP contribution >= 0.6 is 33.2 Å². The predicted octanol–water partition coefficient (Wildman–Crippen LogP) is 2.86. The van der Waals surface area contributed by atoms with Gasteiger partial charge in [0.2, 0.25) is 0 Å². The van der Waals surface area contributed by atoms with Crippen LogP contribution in [0, 0.1) is 6.92 Å². The van der Waals surface area contributed by atoms with E-state index in [1.54, 1.807) is 0 Å². The van der Waals surface area contributed by atoms with Crippen LogP contribution in [0.25, 0.3) is 0 Å². The van der Waals surface area contributed by atoms with Crippen molar-refractivity contribution in [3.05, 3.63) is 29.8 Å². The third-order valence-corrected chi connectivity index (χ3v) is 4.33. The lowest BCUT2D eigenvalue weighted by atomic mass is 10.2. The normalized spacial score (nSPS) is 11.6. The van der Waals surface area contributed by atoms with E-state index >= 15 is 0 Å². The summed E-state index contributed by atoms with van der Waals surface area (Å²) in [6.45, 7) is 2.00. The maximum absolute atomic E-state index is 5.78. The molecule has 0 saturated heterocycles. The van der Waals surface area contributed by atoms with Gasteiger partial charge in [0.05, 0.1) is 0 Å². The molecule has 0 N–H and O–H groups in total. The van der Waals surface area contributed by atoms with Gasteiger partial charge in [-0.05, 0) is 12.1 Å². The molecule has 0 aliphatic carbocycles. The topological polar surface area (TPSA) is 0 Å². The first-order valence-electron chi connectivity index (χ1n) is 3.14. The Morgan fingerprint density at radius 2 is 1.45 bits per heavy atom. The van der Waals surface area contributed by atoms with Gasteiger partial charge in [-0.2, -0.15) is 0 Å². The Labute approximate surface area is 81.2 Å². The highest BCUT2D eigenvalue weighted by Gasteiger charge is 2.27. The molecule has 1 rings (SSSR count). The fourth-order valence-corrected chi connectivity index (χ4v) is 2.42. The largest absolute Gasteiger partial charge is 0.372 e. The van der Waals surface area contributed by atoms with Gasteiger partial charge in [0.25, 0.3) is 0 Å². The summed E-state index contributed by atoms with van der Waals surface area (Å²) in [4.78, 5) is 0. The van der Waals surface area contributed by atoms with Crippen molar-refractivity contribution in [2.24, 2.45) is 0 Å². The molecule has 0 bridgehead atoms. The molecule has 11 heavy (non-hydrogen) atoms. The average Bonchev–Trinajstić information content (AvgIpc) is 1.86. The number of hydrogen-bond acceptors (Lipinski definition) is 0. The number of benzene rings is 1. The summed E-state index contributed by atoms with van der Waals surface area (Å²) in [5.41, 5.74) is 1.18. The van der Waals surface area contributed by atoms with E-state index in [0.717, 1.165) is 5.19 Å². The van der Waals surface area contributed by atoms with Gasteiger partial charge in [-0.25, -0.2) is 0 Å². The van der Waals surface area contributed by atoms with E-state index in [4.69, 9.17) is 33.2 Å². The average molecular weight is 226 g/mol. The van der Waals surface area contributed by atoms with Gasteiger partial charge in [0.15, 0.2) is 0 Å². The third kappa shape index (κ3) is 2.67. The van der Waals surface area contributed by atoms with E-state index in [2.05, 4.69) is 0 Å². The third-order valence-electron chi connectivity index (χ3n) is 1.38. The Bertz CT molecular complexity index is 237. The minimum absolute atomic E-state index is 0.841. The fourth-order valence-electron chi connectivity index (χ4n) is 0.743. The van der Waals surface area contributed by atoms with Crippen LogP contribution in [-0.4, -0.2) is 6.00 Å². The first kappa shape index (κ1) is 9.40. The molecule has 0 spiro atoms. The van der Waals surface area contributed by atoms with Crippen molar-refractivity contribution in [1.82, 2.24) is 0 Å². The lowest BCUT2D eigenvalue weighted by molar-refractivity contribution is 1.49. The molecule has 0 aliphatic heterocycles. The quantitative estimate of drug-likeness (QED) is 0.509. The summed E-state index contributed by atoms with van der Waals surface area (Å²) < 4.78 is 0. The molecule has 0 amide bonds. The zero-order chi connectivity index (χ0) is 8.48. The maximum Gasteiger partial charge on any atom is 0.372 e. The molecular formula is C7H7Cl3Si. The zero-order valence-electron chi connectivity index (χ0n) is 5.94. The van der Waals surface area contributed by atoms with E-state index in [-0.39, 0.29) is 0 Å². The molecule has 1 aromatic carbocycles. The summed E-state index contributed by atoms with van der Waals surface area (Å²) in [6, 6.07) is 5.00. The fraction of sp³-hybridized carbons (Fsp3) is 0.143. The van der Waals surface area contributed by atoms with E-state index in [9.17, 15) is 0 Å². The molecule has 4 heteroatoms. The van der Waals surface area contributed by atoms with Crippen LogP contribution in [0.2, 0.25) is 0 Å². The van der Waals surface area contributed by atoms with Gasteiger partial charge in [-0.3, -0.25) is 0 Å². The Balaban J connectivity index is 2.99. The minimum Gasteiger partial charge on any atom is -0.121 e. The van der Waals surface area contributed by atoms with Crippen molar-refractivity contribution < 1.29 is 0 Å². The maximum atomic E-state index is 5.78. The summed E-state index contributed by atoms with van der Waals surface area (Å²) in [5, 5.41) is 0.841. The molecule has 0 unspecified atom stereocenters. The molecule has 0 heterocycles. The van der Waals surface area contributed by atoms with Crippen molar-refractivity contribution in [3.63, 3.8) is 0 Å². The van der Waals surface area contributed by atoms with Crippen LogP contribution in [0.1, 0.15) is 5.56 Å². The van der Waals surface area contributed by atoms with Crippen molar-refractivity contribution in [2.45, 2.75) is 6.92 Å². The Morgan fingerprint density at radius 3 is 1.82 bits per heavy atom. The van der Waals surface area contributed by atoms with Gasteiger partial charge >= 0.3 is 6.00 Å². The second kappa shape index (κ2) is 3.36. The van der Waals surface area contributed by atoms with Crippen molar-refractivity contribution in [3.8, 4) is 0 Å². The number of aryl methyl sites for hydroxylation is 1. The Kier molecular flexibility index (Phi) is 2.87. The highest BCUT2D eigenvalue weighted by molar-refractivity contribution is 7.69. The van der Waals surface area contributed by atoms with Gasteiger partial charge in [0, 0.05) is 0 Å². The molecule has 0 radical (unpaired) electrons. The zero-order valence-corrected chi connectivity index (χ0v) is 9.21. The summed E-state index contributed by atoms with van der Waals surface area (Å²) in [7, 11) is 0. The number of hydrogen-bond donors (Lipinski definition) is 0. The Hall–Kier alpha value is 0.307. The second-order valence-electron chi connectivity index (χ2n) is 2.36. The van der Waals surface area contributed by atoms with Gasteiger partial charge in [0.1, 0.15) is 0 Å². The van der Waals surface area contributed by atoms with E-state index in [1.807, 2.05) is 31.2 Å². The highest BCUT2D eigenvalue weighted by Crippen LogP contribution is 2.19. The van der Waals surface area contributed by atoms with Crippen LogP contribution in [0.15, 0.2) is 24.3 Å². The van der Waals surface area contributed by atoms with E-state index in [0.29, 0.717) is 0 Å². The minimum atomic E-state index is -2.64. The lowest BCUT2D eigenvalue weighted by Gasteiger charge is -2.07. The molecule has 0 atom stereocenters. The van der Waals surface area contributed by atoms with Gasteiger partial charge in [-0.1, -0.05) is 29.8 Å². The first-order valence-corrected chi connectivity index (χ1v) is 8.17. The molecule has 60 valence electrons. The molecule has 0 aliphatic rings. The molecule has 0 aromatic heterocycles. The second-order valence-corrected chi connectivity index (χ2v) is 10.8. The summed E-state index contributed by atoms with van der Waals surface area (Å²) >= 11 is 17.3. The van der Waals surface area contributed by atoms with Crippen molar-refractivity contribution in [1.29, 1.82) is 0 Å². The molecule has 0 saturated carbocycles. The number of halogens is 3. The molecule has 0 nitrogen and oxygen atoms in total. The lowest BCUT2D eigenvalue weighted by Crippen LogP contribution is -2.29. The van der Waals surface area contributed by atoms with Crippen LogP contribution in [0.5, 0.6) is 0 Å². The van der Waals surface area contributed by atoms with Gasteiger partial charge in [-0.15, -0.1) is 33.2 Å². The number of rotatable bonds is 1. The predicted molar refractivity (Wildman–Crippen MR) is 54.1 cm³/mol. The SMILES string of the molecule is Cc1ccc([Si](Cl)(Cl)Cl)cc1. The monoisotopic (exact) mass is 224 g/mol.